The predicted molar refractivity (Wildman–Crippen MR) is 162 cm³/mol. The van der Waals surface area contributed by atoms with Gasteiger partial charge >= 0.3 is 0 Å². The Morgan fingerprint density at radius 3 is 1.73 bits per heavy atom. The first-order valence-electron chi connectivity index (χ1n) is 12.6. The zero-order valence-electron chi connectivity index (χ0n) is 23.6. The van der Waals surface area contributed by atoms with Crippen LogP contribution in [0.25, 0.3) is 12.2 Å². The summed E-state index contributed by atoms with van der Waals surface area (Å²) >= 11 is 3.65. The average molecular weight is 612 g/mol. The van der Waals surface area contributed by atoms with Crippen LogP contribution in [0.2, 0.25) is 51.4 Å². The highest BCUT2D eigenvalue weighted by molar-refractivity contribution is 9.10. The molecule has 0 aromatic heterocycles. The molecule has 0 N–H and O–H groups in total. The van der Waals surface area contributed by atoms with Crippen molar-refractivity contribution in [2.75, 3.05) is 41.0 Å². The first-order valence-corrected chi connectivity index (χ1v) is 20.8. The fraction of sp³-hybridized carbons (Fsp3) is 0.500. The van der Waals surface area contributed by atoms with Crippen molar-refractivity contribution in [3.63, 3.8) is 0 Å². The average Bonchev–Trinajstić information content (AvgIpc) is 2.82. The summed E-state index contributed by atoms with van der Waals surface area (Å²) in [6.07, 6.45) is 3.99. The molecule has 0 saturated heterocycles. The second-order valence-electron chi connectivity index (χ2n) is 11.3. The molecule has 0 aliphatic heterocycles. The maximum atomic E-state index is 5.86. The number of halogens is 1. The monoisotopic (exact) mass is 610 g/mol. The predicted octanol–water partition coefficient (Wildman–Crippen LogP) is 8.02. The van der Waals surface area contributed by atoms with Gasteiger partial charge in [0.2, 0.25) is 0 Å². The largest absolute Gasteiger partial charge is 0.497 e. The Morgan fingerprint density at radius 1 is 0.676 bits per heavy atom. The van der Waals surface area contributed by atoms with E-state index in [4.69, 9.17) is 28.4 Å². The minimum atomic E-state index is -1.13. The maximum Gasteiger partial charge on any atom is 0.189 e. The van der Waals surface area contributed by atoms with Crippen molar-refractivity contribution < 1.29 is 28.4 Å². The molecular weight excluding hydrogens is 568 g/mol. The molecule has 0 amide bonds. The summed E-state index contributed by atoms with van der Waals surface area (Å²) in [7, 11) is 1.03. The molecule has 0 saturated carbocycles. The molecule has 0 aliphatic rings. The van der Waals surface area contributed by atoms with Crippen molar-refractivity contribution in [1.82, 2.24) is 0 Å². The second-order valence-corrected chi connectivity index (χ2v) is 23.3. The van der Waals surface area contributed by atoms with Gasteiger partial charge in [0.25, 0.3) is 0 Å². The number of methoxy groups -OCH3 is 2. The van der Waals surface area contributed by atoms with Gasteiger partial charge in [0.05, 0.1) is 18.7 Å². The van der Waals surface area contributed by atoms with E-state index in [1.165, 1.54) is 0 Å². The minimum Gasteiger partial charge on any atom is -0.497 e. The van der Waals surface area contributed by atoms with E-state index in [1.807, 2.05) is 42.5 Å². The van der Waals surface area contributed by atoms with Crippen LogP contribution in [-0.4, -0.2) is 57.2 Å². The Balaban J connectivity index is 2.08. The van der Waals surface area contributed by atoms with Crippen LogP contribution in [0.5, 0.6) is 23.0 Å². The van der Waals surface area contributed by atoms with Crippen LogP contribution in [0, 0.1) is 0 Å². The SMILES string of the molecule is COc1cc(/C=C/c2cc(OCOCC[Si](C)(C)C)cc(OC)c2Br)cc(OCOCC[Si](C)(C)C)c1. The molecule has 9 heteroatoms. The highest BCUT2D eigenvalue weighted by Crippen LogP contribution is 2.35. The van der Waals surface area contributed by atoms with Crippen molar-refractivity contribution in [3.8, 4) is 23.0 Å². The first kappa shape index (κ1) is 31.4. The normalized spacial score (nSPS) is 12.1. The topological polar surface area (TPSA) is 55.4 Å². The summed E-state index contributed by atoms with van der Waals surface area (Å²) < 4.78 is 34.9. The molecule has 0 aliphatic carbocycles. The van der Waals surface area contributed by atoms with Crippen LogP contribution < -0.4 is 18.9 Å². The summed E-state index contributed by atoms with van der Waals surface area (Å²) in [5, 5.41) is 0. The van der Waals surface area contributed by atoms with E-state index in [2.05, 4.69) is 55.2 Å². The van der Waals surface area contributed by atoms with Gasteiger partial charge in [0, 0.05) is 41.5 Å². The van der Waals surface area contributed by atoms with Crippen LogP contribution in [0.3, 0.4) is 0 Å². The Hall–Kier alpha value is -1.79. The molecule has 2 aromatic carbocycles. The van der Waals surface area contributed by atoms with Crippen molar-refractivity contribution in [1.29, 1.82) is 0 Å². The van der Waals surface area contributed by atoms with E-state index in [0.29, 0.717) is 36.2 Å². The number of benzene rings is 2. The highest BCUT2D eigenvalue weighted by Gasteiger charge is 2.13. The summed E-state index contributed by atoms with van der Waals surface area (Å²) in [6, 6.07) is 11.8. The highest BCUT2D eigenvalue weighted by atomic mass is 79.9. The molecular formula is C28H43BrO6Si2. The summed E-state index contributed by atoms with van der Waals surface area (Å²) in [6.45, 7) is 15.8. The molecule has 2 aromatic rings. The lowest BCUT2D eigenvalue weighted by atomic mass is 10.1. The van der Waals surface area contributed by atoms with Crippen LogP contribution in [0.4, 0.5) is 0 Å². The molecule has 206 valence electrons. The molecule has 0 heterocycles. The van der Waals surface area contributed by atoms with Crippen LogP contribution >= 0.6 is 15.9 Å². The molecule has 0 fully saturated rings. The minimum absolute atomic E-state index is 0.203. The number of hydrogen-bond donors (Lipinski definition) is 0. The summed E-state index contributed by atoms with van der Waals surface area (Å²) in [5.41, 5.74) is 1.85. The van der Waals surface area contributed by atoms with Gasteiger partial charge < -0.3 is 28.4 Å². The molecule has 0 radical (unpaired) electrons. The van der Waals surface area contributed by atoms with Gasteiger partial charge in [-0.05, 0) is 57.3 Å². The van der Waals surface area contributed by atoms with E-state index in [9.17, 15) is 0 Å². The zero-order chi connectivity index (χ0) is 27.5. The Bertz CT molecular complexity index is 1010. The molecule has 37 heavy (non-hydrogen) atoms. The van der Waals surface area contributed by atoms with Crippen LogP contribution in [0.1, 0.15) is 11.1 Å². The van der Waals surface area contributed by atoms with Crippen LogP contribution in [0.15, 0.2) is 34.8 Å². The van der Waals surface area contributed by atoms with Crippen molar-refractivity contribution in [2.45, 2.75) is 51.4 Å². The molecule has 6 nitrogen and oxygen atoms in total. The Morgan fingerprint density at radius 2 is 1.22 bits per heavy atom. The molecule has 0 unspecified atom stereocenters. The molecule has 2 rings (SSSR count). The van der Waals surface area contributed by atoms with E-state index in [1.54, 1.807) is 14.2 Å². The van der Waals surface area contributed by atoms with Gasteiger partial charge in [-0.3, -0.25) is 0 Å². The second kappa shape index (κ2) is 15.0. The fourth-order valence-electron chi connectivity index (χ4n) is 3.12. The maximum absolute atomic E-state index is 5.86. The van der Waals surface area contributed by atoms with Crippen molar-refractivity contribution >= 4 is 44.2 Å². The van der Waals surface area contributed by atoms with Crippen molar-refractivity contribution in [2.24, 2.45) is 0 Å². The summed E-state index contributed by atoms with van der Waals surface area (Å²) in [5.74, 6) is 2.77. The smallest absolute Gasteiger partial charge is 0.189 e. The number of ether oxygens (including phenoxy) is 6. The zero-order valence-corrected chi connectivity index (χ0v) is 27.2. The lowest BCUT2D eigenvalue weighted by molar-refractivity contribution is 0.0217. The molecule has 0 atom stereocenters. The fourth-order valence-corrected chi connectivity index (χ4v) is 5.15. The van der Waals surface area contributed by atoms with Gasteiger partial charge in [-0.15, -0.1) is 0 Å². The van der Waals surface area contributed by atoms with Gasteiger partial charge in [-0.2, -0.15) is 0 Å². The Kier molecular flexibility index (Phi) is 12.7. The third kappa shape index (κ3) is 12.5. The van der Waals surface area contributed by atoms with Crippen LogP contribution in [-0.2, 0) is 9.47 Å². The third-order valence-corrected chi connectivity index (χ3v) is 9.72. The standard InChI is InChI=1S/C28H43BrO6Si2/c1-30-24-15-22(16-25(18-24)34-20-32-11-13-36(3,4)5)9-10-23-17-26(19-27(31-2)28(23)29)35-21-33-12-14-37(6,7)8/h9-10,15-19H,11-14,20-21H2,1-8H3/b10-9+. The third-order valence-electron chi connectivity index (χ3n) is 5.46. The summed E-state index contributed by atoms with van der Waals surface area (Å²) in [4.78, 5) is 0. The van der Waals surface area contributed by atoms with Gasteiger partial charge in [0.1, 0.15) is 23.0 Å². The van der Waals surface area contributed by atoms with E-state index in [-0.39, 0.29) is 13.6 Å². The molecule has 0 spiro atoms. The lowest BCUT2D eigenvalue weighted by Crippen LogP contribution is -2.22. The van der Waals surface area contributed by atoms with E-state index >= 15 is 0 Å². The van der Waals surface area contributed by atoms with Crippen molar-refractivity contribution in [3.05, 3.63) is 45.9 Å². The molecule has 0 bridgehead atoms. The van der Waals surface area contributed by atoms with Gasteiger partial charge in [0.15, 0.2) is 13.6 Å². The first-order chi connectivity index (χ1) is 17.4. The number of hydrogen-bond acceptors (Lipinski definition) is 6. The Labute approximate surface area is 233 Å². The quantitative estimate of drug-likeness (QED) is 0.0830. The van der Waals surface area contributed by atoms with Gasteiger partial charge in [-0.1, -0.05) is 51.4 Å². The van der Waals surface area contributed by atoms with E-state index in [0.717, 1.165) is 27.7 Å². The number of rotatable bonds is 16. The lowest BCUT2D eigenvalue weighted by Gasteiger charge is -2.16. The van der Waals surface area contributed by atoms with E-state index < -0.39 is 16.1 Å². The van der Waals surface area contributed by atoms with Gasteiger partial charge in [-0.25, -0.2) is 0 Å².